The molecule has 0 saturated carbocycles. The van der Waals surface area contributed by atoms with E-state index in [9.17, 15) is 14.4 Å². The quantitative estimate of drug-likeness (QED) is 0.594. The number of hydrogen-bond acceptors (Lipinski definition) is 5. The molecule has 0 unspecified atom stereocenters. The Kier molecular flexibility index (Phi) is 6.49. The summed E-state index contributed by atoms with van der Waals surface area (Å²) in [5.74, 6) is -0.805. The lowest BCUT2D eigenvalue weighted by Gasteiger charge is -2.36. The molecule has 1 N–H and O–H groups in total. The lowest BCUT2D eigenvalue weighted by Crippen LogP contribution is -2.51. The fourth-order valence-electron chi connectivity index (χ4n) is 3.21. The van der Waals surface area contributed by atoms with Crippen LogP contribution in [0.2, 0.25) is 0 Å². The van der Waals surface area contributed by atoms with Gasteiger partial charge in [0.15, 0.2) is 0 Å². The molecule has 0 aromatic heterocycles. The Bertz CT molecular complexity index is 887. The van der Waals surface area contributed by atoms with Gasteiger partial charge in [-0.25, -0.2) is 0 Å². The highest BCUT2D eigenvalue weighted by Gasteiger charge is 2.23. The average molecular weight is 395 g/mol. The first-order valence-electron chi connectivity index (χ1n) is 9.54. The second kappa shape index (κ2) is 9.23. The molecule has 2 aromatic rings. The van der Waals surface area contributed by atoms with Gasteiger partial charge in [-0.2, -0.15) is 0 Å². The normalized spacial score (nSPS) is 13.7. The summed E-state index contributed by atoms with van der Waals surface area (Å²) in [5.41, 5.74) is 2.37. The highest BCUT2D eigenvalue weighted by Crippen LogP contribution is 2.22. The van der Waals surface area contributed by atoms with Gasteiger partial charge in [0.1, 0.15) is 5.75 Å². The standard InChI is InChI=1S/C22H25N3O4/c1-16-6-8-17(9-7-16)21(27)22(28)23-15-20(26)25-12-10-24(11-13-25)18-4-3-5-19(14-18)29-2/h3-9,14H,10-13,15H2,1-2H3,(H,23,28). The van der Waals surface area contributed by atoms with Crippen LogP contribution in [0.1, 0.15) is 15.9 Å². The molecule has 0 aliphatic carbocycles. The van der Waals surface area contributed by atoms with Crippen LogP contribution in [0, 0.1) is 6.92 Å². The lowest BCUT2D eigenvalue weighted by atomic mass is 10.1. The van der Waals surface area contributed by atoms with E-state index >= 15 is 0 Å². The van der Waals surface area contributed by atoms with Crippen LogP contribution in [0.4, 0.5) is 5.69 Å². The van der Waals surface area contributed by atoms with E-state index in [1.54, 1.807) is 36.3 Å². The number of amides is 2. The Hall–Kier alpha value is -3.35. The van der Waals surface area contributed by atoms with Crippen molar-refractivity contribution >= 4 is 23.3 Å². The minimum atomic E-state index is -0.766. The molecule has 1 saturated heterocycles. The van der Waals surface area contributed by atoms with Crippen LogP contribution in [-0.2, 0) is 9.59 Å². The third-order valence-electron chi connectivity index (χ3n) is 4.97. The van der Waals surface area contributed by atoms with Crippen LogP contribution in [0.15, 0.2) is 48.5 Å². The fraction of sp³-hybridized carbons (Fsp3) is 0.318. The SMILES string of the molecule is COc1cccc(N2CCN(C(=O)CNC(=O)C(=O)c3ccc(C)cc3)CC2)c1. The van der Waals surface area contributed by atoms with Gasteiger partial charge in [-0.15, -0.1) is 0 Å². The third kappa shape index (κ3) is 5.13. The van der Waals surface area contributed by atoms with Crippen LogP contribution in [0.3, 0.4) is 0 Å². The number of nitrogens with one attached hydrogen (secondary N) is 1. The van der Waals surface area contributed by atoms with Crippen LogP contribution in [0.25, 0.3) is 0 Å². The number of anilines is 1. The number of carbonyl (C=O) groups excluding carboxylic acids is 3. The monoisotopic (exact) mass is 395 g/mol. The number of ether oxygens (including phenoxy) is 1. The molecule has 0 radical (unpaired) electrons. The van der Waals surface area contributed by atoms with Gasteiger partial charge in [0.05, 0.1) is 13.7 Å². The summed E-state index contributed by atoms with van der Waals surface area (Å²) in [7, 11) is 1.63. The number of methoxy groups -OCH3 is 1. The van der Waals surface area contributed by atoms with E-state index < -0.39 is 11.7 Å². The van der Waals surface area contributed by atoms with E-state index in [0.29, 0.717) is 31.7 Å². The molecule has 0 spiro atoms. The van der Waals surface area contributed by atoms with E-state index in [4.69, 9.17) is 4.74 Å². The van der Waals surface area contributed by atoms with Crippen molar-refractivity contribution in [1.82, 2.24) is 10.2 Å². The summed E-state index contributed by atoms with van der Waals surface area (Å²) < 4.78 is 5.26. The molecule has 7 heteroatoms. The van der Waals surface area contributed by atoms with Gasteiger partial charge >= 0.3 is 0 Å². The molecule has 1 aliphatic heterocycles. The van der Waals surface area contributed by atoms with E-state index in [2.05, 4.69) is 10.2 Å². The van der Waals surface area contributed by atoms with E-state index in [0.717, 1.165) is 17.0 Å². The molecule has 29 heavy (non-hydrogen) atoms. The van der Waals surface area contributed by atoms with Gasteiger partial charge < -0.3 is 19.9 Å². The summed E-state index contributed by atoms with van der Waals surface area (Å²) in [6.45, 7) is 4.20. The van der Waals surface area contributed by atoms with Crippen molar-refractivity contribution in [2.75, 3.05) is 44.7 Å². The number of rotatable bonds is 6. The zero-order chi connectivity index (χ0) is 20.8. The molecular formula is C22H25N3O4. The second-order valence-corrected chi connectivity index (χ2v) is 6.95. The summed E-state index contributed by atoms with van der Waals surface area (Å²) in [6.07, 6.45) is 0. The molecule has 0 atom stereocenters. The van der Waals surface area contributed by atoms with Gasteiger partial charge in [-0.3, -0.25) is 14.4 Å². The third-order valence-corrected chi connectivity index (χ3v) is 4.97. The molecule has 1 aliphatic rings. The lowest BCUT2D eigenvalue weighted by molar-refractivity contribution is -0.132. The largest absolute Gasteiger partial charge is 0.497 e. The molecule has 2 aromatic carbocycles. The van der Waals surface area contributed by atoms with Crippen LogP contribution < -0.4 is 15.0 Å². The van der Waals surface area contributed by atoms with Crippen molar-refractivity contribution in [2.24, 2.45) is 0 Å². The fourth-order valence-corrected chi connectivity index (χ4v) is 3.21. The Labute approximate surface area is 170 Å². The molecular weight excluding hydrogens is 370 g/mol. The minimum Gasteiger partial charge on any atom is -0.497 e. The first-order chi connectivity index (χ1) is 14.0. The maximum atomic E-state index is 12.4. The van der Waals surface area contributed by atoms with Gasteiger partial charge in [0, 0.05) is 43.5 Å². The van der Waals surface area contributed by atoms with E-state index in [-0.39, 0.29) is 12.5 Å². The van der Waals surface area contributed by atoms with E-state index in [1.165, 1.54) is 0 Å². The van der Waals surface area contributed by atoms with Crippen LogP contribution in [0.5, 0.6) is 5.75 Å². The smallest absolute Gasteiger partial charge is 0.292 e. The number of aryl methyl sites for hydroxylation is 1. The molecule has 7 nitrogen and oxygen atoms in total. The number of benzene rings is 2. The summed E-state index contributed by atoms with van der Waals surface area (Å²) in [6, 6.07) is 14.6. The number of hydrogen-bond donors (Lipinski definition) is 1. The second-order valence-electron chi connectivity index (χ2n) is 6.95. The highest BCUT2D eigenvalue weighted by molar-refractivity contribution is 6.43. The van der Waals surface area contributed by atoms with Crippen molar-refractivity contribution in [3.63, 3.8) is 0 Å². The van der Waals surface area contributed by atoms with Gasteiger partial charge in [-0.1, -0.05) is 35.9 Å². The van der Waals surface area contributed by atoms with Crippen molar-refractivity contribution in [2.45, 2.75) is 6.92 Å². The van der Waals surface area contributed by atoms with Crippen LogP contribution in [-0.4, -0.2) is 62.3 Å². The molecule has 1 heterocycles. The first kappa shape index (κ1) is 20.4. The topological polar surface area (TPSA) is 79.0 Å². The van der Waals surface area contributed by atoms with Crippen molar-refractivity contribution < 1.29 is 19.1 Å². The maximum Gasteiger partial charge on any atom is 0.292 e. The average Bonchev–Trinajstić information content (AvgIpc) is 2.77. The predicted octanol–water partition coefficient (Wildman–Crippen LogP) is 1.65. The van der Waals surface area contributed by atoms with Gasteiger partial charge in [0.2, 0.25) is 11.7 Å². The van der Waals surface area contributed by atoms with Gasteiger partial charge in [0.25, 0.3) is 5.91 Å². The van der Waals surface area contributed by atoms with Crippen molar-refractivity contribution in [3.05, 3.63) is 59.7 Å². The predicted molar refractivity (Wildman–Crippen MR) is 110 cm³/mol. The number of Topliss-reactive ketones (excluding diaryl/α,β-unsaturated/α-hetero) is 1. The number of carbonyl (C=O) groups is 3. The van der Waals surface area contributed by atoms with E-state index in [1.807, 2.05) is 31.2 Å². The summed E-state index contributed by atoms with van der Waals surface area (Å²) >= 11 is 0. The number of nitrogens with zero attached hydrogens (tertiary/aromatic N) is 2. The van der Waals surface area contributed by atoms with Crippen molar-refractivity contribution in [1.29, 1.82) is 0 Å². The van der Waals surface area contributed by atoms with Crippen molar-refractivity contribution in [3.8, 4) is 5.75 Å². The zero-order valence-corrected chi connectivity index (χ0v) is 16.7. The molecule has 1 fully saturated rings. The molecule has 3 rings (SSSR count). The number of piperazine rings is 1. The molecule has 0 bridgehead atoms. The Balaban J connectivity index is 1.47. The summed E-state index contributed by atoms with van der Waals surface area (Å²) in [4.78, 5) is 40.5. The zero-order valence-electron chi connectivity index (χ0n) is 16.7. The number of ketones is 1. The summed E-state index contributed by atoms with van der Waals surface area (Å²) in [5, 5.41) is 2.44. The highest BCUT2D eigenvalue weighted by atomic mass is 16.5. The van der Waals surface area contributed by atoms with Crippen LogP contribution >= 0.6 is 0 Å². The maximum absolute atomic E-state index is 12.4. The van der Waals surface area contributed by atoms with Gasteiger partial charge in [-0.05, 0) is 19.1 Å². The minimum absolute atomic E-state index is 0.185. The Morgan fingerprint density at radius 1 is 1.00 bits per heavy atom. The molecule has 2 amide bonds. The Morgan fingerprint density at radius 2 is 1.69 bits per heavy atom. The molecule has 152 valence electrons. The Morgan fingerprint density at radius 3 is 2.34 bits per heavy atom. The first-order valence-corrected chi connectivity index (χ1v) is 9.54.